The SMILES string of the molecule is CC(C)(C)OC(=O)N[C@H](CCCCN1CCCCC1)C(=O)N1CC[C@H]1C(=O)CCc1ccc2[nH]cc(Cl)c2c1.N[C@H](CCCCN1CCCCC1)C(=O)N1CC[C@H]1C(=O)CCc1ccc2[nH]cc(Cl)c2c1. The van der Waals surface area contributed by atoms with Crippen molar-refractivity contribution in [3.8, 4) is 0 Å². The van der Waals surface area contributed by atoms with Crippen LogP contribution in [0, 0.1) is 0 Å². The maximum absolute atomic E-state index is 13.5. The number of benzene rings is 2. The van der Waals surface area contributed by atoms with Gasteiger partial charge in [0, 0.05) is 60.1 Å². The second kappa shape index (κ2) is 26.0. The lowest BCUT2D eigenvalue weighted by molar-refractivity contribution is -0.148. The van der Waals surface area contributed by atoms with Crippen LogP contribution >= 0.6 is 23.2 Å². The van der Waals surface area contributed by atoms with Gasteiger partial charge in [0.2, 0.25) is 11.8 Å². The molecule has 4 aromatic rings. The van der Waals surface area contributed by atoms with Crippen LogP contribution in [0.15, 0.2) is 48.8 Å². The van der Waals surface area contributed by atoms with Crippen molar-refractivity contribution < 1.29 is 28.7 Å². The normalized spacial score (nSPS) is 19.6. The molecule has 16 heteroatoms. The molecule has 2 aromatic heterocycles. The van der Waals surface area contributed by atoms with Gasteiger partial charge in [-0.3, -0.25) is 19.2 Å². The predicted octanol–water partition coefficient (Wildman–Crippen LogP) is 9.38. The molecule has 388 valence electrons. The van der Waals surface area contributed by atoms with Crippen LogP contribution < -0.4 is 11.1 Å². The maximum Gasteiger partial charge on any atom is 0.408 e. The zero-order valence-corrected chi connectivity index (χ0v) is 43.9. The van der Waals surface area contributed by atoms with Crippen LogP contribution in [-0.2, 0) is 36.8 Å². The third kappa shape index (κ3) is 15.5. The summed E-state index contributed by atoms with van der Waals surface area (Å²) in [5.74, 6) is -0.0739. The average molecular weight is 1020 g/mol. The van der Waals surface area contributed by atoms with E-state index in [0.29, 0.717) is 68.1 Å². The van der Waals surface area contributed by atoms with Crippen molar-refractivity contribution in [2.75, 3.05) is 52.4 Å². The van der Waals surface area contributed by atoms with E-state index in [1.807, 2.05) is 36.4 Å². The number of nitrogens with one attached hydrogen (secondary N) is 3. The molecule has 0 bridgehead atoms. The maximum atomic E-state index is 13.5. The Morgan fingerprint density at radius 2 is 1.13 bits per heavy atom. The number of Topliss-reactive ketones (excluding diaryl/α,β-unsaturated/α-hetero) is 2. The minimum Gasteiger partial charge on any atom is -0.444 e. The number of unbranched alkanes of at least 4 members (excludes halogenated alkanes) is 2. The molecule has 2 aromatic carbocycles. The fourth-order valence-electron chi connectivity index (χ4n) is 10.4. The topological polar surface area (TPSA) is 177 Å². The molecule has 3 amide bonds. The fourth-order valence-corrected chi connectivity index (χ4v) is 10.8. The van der Waals surface area contributed by atoms with Crippen molar-refractivity contribution in [2.45, 2.75) is 166 Å². The van der Waals surface area contributed by atoms with Gasteiger partial charge in [-0.2, -0.15) is 0 Å². The Labute approximate surface area is 430 Å². The van der Waals surface area contributed by atoms with Gasteiger partial charge in [-0.05, 0) is 179 Å². The highest BCUT2D eigenvalue weighted by Gasteiger charge is 2.41. The van der Waals surface area contributed by atoms with Gasteiger partial charge in [-0.15, -0.1) is 0 Å². The number of hydrogen-bond donors (Lipinski definition) is 4. The second-order valence-electron chi connectivity index (χ2n) is 21.2. The number of piperidine rings is 2. The summed E-state index contributed by atoms with van der Waals surface area (Å²) >= 11 is 12.4. The van der Waals surface area contributed by atoms with Crippen molar-refractivity contribution in [1.29, 1.82) is 0 Å². The van der Waals surface area contributed by atoms with Gasteiger partial charge in [0.1, 0.15) is 11.6 Å². The Morgan fingerprint density at radius 1 is 0.662 bits per heavy atom. The first-order valence-corrected chi connectivity index (χ1v) is 27.3. The van der Waals surface area contributed by atoms with Gasteiger partial charge in [-0.25, -0.2) is 4.79 Å². The zero-order chi connectivity index (χ0) is 50.5. The van der Waals surface area contributed by atoms with Gasteiger partial charge >= 0.3 is 6.09 Å². The summed E-state index contributed by atoms with van der Waals surface area (Å²) in [6.07, 6.45) is 19.2. The molecule has 14 nitrogen and oxygen atoms in total. The van der Waals surface area contributed by atoms with E-state index in [-0.39, 0.29) is 29.4 Å². The van der Waals surface area contributed by atoms with E-state index in [4.69, 9.17) is 33.7 Å². The molecule has 6 heterocycles. The Kier molecular flexibility index (Phi) is 19.9. The molecule has 4 atom stereocenters. The quantitative estimate of drug-likeness (QED) is 0.0593. The zero-order valence-electron chi connectivity index (χ0n) is 42.4. The number of halogens is 2. The average Bonchev–Trinajstić information content (AvgIpc) is 3.89. The molecule has 4 aliphatic rings. The molecule has 0 spiro atoms. The summed E-state index contributed by atoms with van der Waals surface area (Å²) in [5.41, 5.74) is 9.61. The summed E-state index contributed by atoms with van der Waals surface area (Å²) in [5, 5.41) is 6.07. The van der Waals surface area contributed by atoms with Gasteiger partial charge in [0.15, 0.2) is 11.6 Å². The van der Waals surface area contributed by atoms with Crippen LogP contribution in [0.3, 0.4) is 0 Å². The van der Waals surface area contributed by atoms with E-state index in [1.54, 1.807) is 43.0 Å². The number of carbonyl (C=O) groups excluding carboxylic acids is 5. The van der Waals surface area contributed by atoms with Gasteiger partial charge in [0.05, 0.1) is 28.2 Å². The van der Waals surface area contributed by atoms with Gasteiger partial charge in [-0.1, -0.05) is 54.6 Å². The lowest BCUT2D eigenvalue weighted by Crippen LogP contribution is -2.60. The lowest BCUT2D eigenvalue weighted by Gasteiger charge is -2.42. The Morgan fingerprint density at radius 3 is 1.58 bits per heavy atom. The monoisotopic (exact) mass is 1020 g/mol. The number of ketones is 2. The fraction of sp³-hybridized carbons (Fsp3) is 0.618. The Balaban J connectivity index is 0.000000213. The molecule has 5 N–H and O–H groups in total. The number of amides is 3. The van der Waals surface area contributed by atoms with E-state index in [0.717, 1.165) is 91.2 Å². The molecule has 0 saturated carbocycles. The standard InChI is InChI=1S/C30H43ClN4O4.C25H35ClN4O2/c1-30(2,3)39-29(38)33-25(9-5-8-17-34-15-6-4-7-16-34)28(37)35-18-14-26(35)27(36)13-11-21-10-12-24-22(19-21)23(31)20-32-24;26-20-17-28-22-9-7-18(16-19(20)22)8-10-24(31)23-11-15-30(23)25(32)21(27)6-2-5-14-29-12-3-1-4-13-29/h10,12,19-20,25-26,32H,4-9,11,13-18H2,1-3H3,(H,33,38);7,9,16-17,21,23,28H,1-6,8,10-15,27H2/t25-,26+;21-,23+/m11/s1. The summed E-state index contributed by atoms with van der Waals surface area (Å²) in [4.78, 5) is 79.4. The van der Waals surface area contributed by atoms with Crippen molar-refractivity contribution in [2.24, 2.45) is 5.73 Å². The number of ether oxygens (including phenoxy) is 1. The summed E-state index contributed by atoms with van der Waals surface area (Å²) in [7, 11) is 0. The Bertz CT molecular complexity index is 2420. The number of aryl methyl sites for hydroxylation is 2. The van der Waals surface area contributed by atoms with E-state index < -0.39 is 29.8 Å². The molecule has 71 heavy (non-hydrogen) atoms. The number of aromatic nitrogens is 2. The number of aromatic amines is 2. The van der Waals surface area contributed by atoms with E-state index >= 15 is 0 Å². The lowest BCUT2D eigenvalue weighted by atomic mass is 9.92. The highest BCUT2D eigenvalue weighted by atomic mass is 35.5. The predicted molar refractivity (Wildman–Crippen MR) is 283 cm³/mol. The number of carbonyl (C=O) groups is 5. The minimum absolute atomic E-state index is 0.0518. The molecule has 4 saturated heterocycles. The smallest absolute Gasteiger partial charge is 0.408 e. The van der Waals surface area contributed by atoms with Crippen LogP contribution in [-0.4, -0.2) is 141 Å². The molecular formula is C55H78Cl2N8O6. The Hall–Kier alpha value is -4.47. The first-order valence-electron chi connectivity index (χ1n) is 26.5. The van der Waals surface area contributed by atoms with Gasteiger partial charge in [0.25, 0.3) is 0 Å². The summed E-state index contributed by atoms with van der Waals surface area (Å²) in [6.45, 7) is 13.4. The van der Waals surface area contributed by atoms with E-state index in [9.17, 15) is 24.0 Å². The molecule has 0 aliphatic carbocycles. The molecule has 8 rings (SSSR count). The summed E-state index contributed by atoms with van der Waals surface area (Å²) in [6, 6.07) is 10.1. The highest BCUT2D eigenvalue weighted by Crippen LogP contribution is 2.28. The molecule has 0 unspecified atom stereocenters. The summed E-state index contributed by atoms with van der Waals surface area (Å²) < 4.78 is 5.44. The molecule has 0 radical (unpaired) electrons. The minimum atomic E-state index is -0.699. The number of nitrogens with two attached hydrogens (primary N) is 1. The first-order chi connectivity index (χ1) is 34.1. The number of fused-ring (bicyclic) bond motifs is 2. The number of H-pyrrole nitrogens is 2. The van der Waals surface area contributed by atoms with E-state index in [1.165, 1.54) is 51.6 Å². The number of rotatable bonds is 21. The largest absolute Gasteiger partial charge is 0.444 e. The first kappa shape index (κ1) is 54.3. The second-order valence-corrected chi connectivity index (χ2v) is 22.1. The van der Waals surface area contributed by atoms with Crippen LogP contribution in [0.1, 0.15) is 135 Å². The van der Waals surface area contributed by atoms with Crippen LogP contribution in [0.4, 0.5) is 4.79 Å². The third-order valence-electron chi connectivity index (χ3n) is 14.7. The molecule has 4 aliphatic heterocycles. The van der Waals surface area contributed by atoms with Crippen molar-refractivity contribution in [1.82, 2.24) is 34.9 Å². The number of alkyl carbamates (subject to hydrolysis) is 1. The number of hydrogen-bond acceptors (Lipinski definition) is 9. The van der Waals surface area contributed by atoms with Crippen LogP contribution in [0.5, 0.6) is 0 Å². The van der Waals surface area contributed by atoms with Crippen molar-refractivity contribution in [3.63, 3.8) is 0 Å². The number of nitrogens with zero attached hydrogens (tertiary/aromatic N) is 4. The van der Waals surface area contributed by atoms with Crippen molar-refractivity contribution >= 4 is 74.5 Å². The van der Waals surface area contributed by atoms with E-state index in [2.05, 4.69) is 25.1 Å². The number of likely N-dealkylation sites (tertiary alicyclic amines) is 4. The van der Waals surface area contributed by atoms with Crippen molar-refractivity contribution in [3.05, 3.63) is 70.0 Å². The molecular weight excluding hydrogens is 940 g/mol. The molecule has 4 fully saturated rings. The van der Waals surface area contributed by atoms with Crippen LogP contribution in [0.2, 0.25) is 10.0 Å². The van der Waals surface area contributed by atoms with Crippen LogP contribution in [0.25, 0.3) is 21.8 Å². The highest BCUT2D eigenvalue weighted by molar-refractivity contribution is 6.36. The van der Waals surface area contributed by atoms with Gasteiger partial charge < -0.3 is 45.4 Å². The third-order valence-corrected chi connectivity index (χ3v) is 15.3.